The second kappa shape index (κ2) is 12.8. The van der Waals surface area contributed by atoms with Crippen molar-refractivity contribution in [3.8, 4) is 39.0 Å². The van der Waals surface area contributed by atoms with Gasteiger partial charge in [0.05, 0.1) is 5.77 Å². The summed E-state index contributed by atoms with van der Waals surface area (Å²) in [6.07, 6.45) is -0.0802. The molecule has 13 heteroatoms. The van der Waals surface area contributed by atoms with Crippen molar-refractivity contribution in [2.24, 2.45) is 11.5 Å². The van der Waals surface area contributed by atoms with E-state index < -0.39 is 18.2 Å². The Morgan fingerprint density at radius 1 is 0.769 bits per heavy atom. The maximum absolute atomic E-state index is 11.6. The summed E-state index contributed by atoms with van der Waals surface area (Å²) in [4.78, 5) is 31.2. The number of aliphatic carboxylic acids is 1. The topological polar surface area (TPSA) is 116 Å². The van der Waals surface area contributed by atoms with Crippen LogP contribution in [0.5, 0.6) is 0 Å². The van der Waals surface area contributed by atoms with Crippen molar-refractivity contribution in [2.75, 3.05) is 0 Å². The van der Waals surface area contributed by atoms with Crippen LogP contribution in [0.4, 0.5) is 0 Å². The second-order valence-corrected chi connectivity index (χ2v) is 17.6. The third kappa shape index (κ3) is 6.83. The molecule has 0 unspecified atom stereocenters. The third-order valence-corrected chi connectivity index (χ3v) is 13.7. The van der Waals surface area contributed by atoms with Gasteiger partial charge in [-0.3, -0.25) is 15.3 Å². The van der Waals surface area contributed by atoms with Crippen molar-refractivity contribution >= 4 is 114 Å². The molecule has 0 bridgehead atoms. The van der Waals surface area contributed by atoms with Crippen LogP contribution in [0.2, 0.25) is 0 Å². The molecule has 5 aromatic rings. The quantitative estimate of drug-likeness (QED) is 0.0711. The highest BCUT2D eigenvalue weighted by atomic mass is 127. The molecule has 0 saturated carbocycles. The van der Waals surface area contributed by atoms with Gasteiger partial charge in [0, 0.05) is 45.4 Å². The van der Waals surface area contributed by atoms with Crippen molar-refractivity contribution in [2.45, 2.75) is 25.1 Å². The average molecular weight is 839 g/mol. The molecule has 0 fully saturated rings. The molecular formula is C26H20I2N2O4S5. The Morgan fingerprint density at radius 2 is 1.26 bits per heavy atom. The van der Waals surface area contributed by atoms with Gasteiger partial charge in [-0.1, -0.05) is 0 Å². The number of hydrogen-bond donors (Lipinski definition) is 3. The van der Waals surface area contributed by atoms with Crippen LogP contribution < -0.4 is 11.5 Å². The predicted octanol–water partition coefficient (Wildman–Crippen LogP) is 7.83. The Kier molecular flexibility index (Phi) is 9.60. The number of carboxylic acids is 1. The van der Waals surface area contributed by atoms with Gasteiger partial charge >= 0.3 is 5.97 Å². The highest BCUT2D eigenvalue weighted by molar-refractivity contribution is 14.1. The summed E-state index contributed by atoms with van der Waals surface area (Å²) >= 11 is 13.1. The molecule has 202 valence electrons. The van der Waals surface area contributed by atoms with Crippen LogP contribution in [0.15, 0.2) is 48.5 Å². The van der Waals surface area contributed by atoms with E-state index in [2.05, 4.69) is 93.7 Å². The molecule has 5 aromatic heterocycles. The summed E-state index contributed by atoms with van der Waals surface area (Å²) in [5.74, 6) is -1.01. The molecule has 0 aliphatic carbocycles. The predicted molar refractivity (Wildman–Crippen MR) is 181 cm³/mol. The smallest absolute Gasteiger partial charge is 0.320 e. The van der Waals surface area contributed by atoms with E-state index in [1.165, 1.54) is 10.6 Å². The van der Waals surface area contributed by atoms with Crippen LogP contribution in [-0.2, 0) is 27.2 Å². The standard InChI is InChI=1S/C26H20I2N2O4S5/c27-21-5-3-15(36-21)19-8-12(7-14(29)26(32)33)24(38-19)17-1-2-18(35-17)25-13(10-23(30)34-11-31)9-20(39-25)16-4-6-22(28)37-16/h1-6,8-9,11,14,23H,7,10,29-30H2,(H,32,33)/t14-,23-/m0/s1. The highest BCUT2D eigenvalue weighted by Crippen LogP contribution is 2.48. The van der Waals surface area contributed by atoms with Crippen LogP contribution in [0, 0.1) is 5.77 Å². The number of carbonyl (C=O) groups excluding carboxylic acids is 1. The SMILES string of the molecule is N[C@H](Cc1cc(-c2ccc(I)s2)sc1-c1ccc(-c2sc(-c3ccc(I)s3)cc2C[C@H](N)C(=O)O)s1)OC=O. The van der Waals surface area contributed by atoms with Gasteiger partial charge in [-0.05, 0) is 111 Å². The maximum atomic E-state index is 11.6. The summed E-state index contributed by atoms with van der Waals surface area (Å²) in [6.45, 7) is 0.384. The van der Waals surface area contributed by atoms with Crippen LogP contribution in [0.1, 0.15) is 11.1 Å². The van der Waals surface area contributed by atoms with Gasteiger partial charge in [0.25, 0.3) is 6.47 Å². The molecule has 0 aliphatic rings. The number of hydrogen-bond acceptors (Lipinski definition) is 10. The summed E-state index contributed by atoms with van der Waals surface area (Å²) < 4.78 is 7.40. The molecule has 2 atom stereocenters. The first-order chi connectivity index (χ1) is 18.7. The van der Waals surface area contributed by atoms with Gasteiger partial charge < -0.3 is 15.6 Å². The number of ether oxygens (including phenoxy) is 1. The number of thiophene rings is 5. The van der Waals surface area contributed by atoms with Crippen molar-refractivity contribution in [3.05, 3.63) is 65.4 Å². The van der Waals surface area contributed by atoms with E-state index in [0.29, 0.717) is 12.9 Å². The summed E-state index contributed by atoms with van der Waals surface area (Å²) in [7, 11) is 0. The Morgan fingerprint density at radius 3 is 1.69 bits per heavy atom. The van der Waals surface area contributed by atoms with E-state index in [1.807, 2.05) is 0 Å². The minimum atomic E-state index is -1.01. The Bertz CT molecular complexity index is 1630. The first-order valence-corrected chi connectivity index (χ1v) is 17.7. The summed E-state index contributed by atoms with van der Waals surface area (Å²) in [5.41, 5.74) is 14.0. The third-order valence-electron chi connectivity index (χ3n) is 5.71. The normalized spacial score (nSPS) is 12.9. The molecule has 0 amide bonds. The number of carboxylic acid groups (broad SMARTS) is 1. The average Bonchev–Trinajstić information content (AvgIpc) is 3.70. The van der Waals surface area contributed by atoms with Crippen molar-refractivity contribution in [1.29, 1.82) is 0 Å². The summed E-state index contributed by atoms with van der Waals surface area (Å²) in [6, 6.07) is 15.8. The molecule has 5 N–H and O–H groups in total. The van der Waals surface area contributed by atoms with E-state index in [4.69, 9.17) is 16.2 Å². The number of nitrogens with two attached hydrogens (primary N) is 2. The Hall–Kier alpha value is -1.18. The van der Waals surface area contributed by atoms with Gasteiger partial charge in [-0.15, -0.1) is 56.7 Å². The van der Waals surface area contributed by atoms with E-state index in [-0.39, 0.29) is 6.42 Å². The van der Waals surface area contributed by atoms with Crippen LogP contribution in [0.25, 0.3) is 39.0 Å². The molecule has 6 nitrogen and oxygen atoms in total. The van der Waals surface area contributed by atoms with Gasteiger partial charge in [0.15, 0.2) is 6.23 Å². The van der Waals surface area contributed by atoms with Crippen LogP contribution in [0.3, 0.4) is 0 Å². The second-order valence-electron chi connectivity index (χ2n) is 8.43. The molecule has 5 heterocycles. The van der Waals surface area contributed by atoms with E-state index in [1.54, 1.807) is 56.7 Å². The lowest BCUT2D eigenvalue weighted by molar-refractivity contribution is -0.138. The number of rotatable bonds is 11. The zero-order chi connectivity index (χ0) is 27.7. The van der Waals surface area contributed by atoms with E-state index in [0.717, 1.165) is 45.3 Å². The Labute approximate surface area is 271 Å². The largest absolute Gasteiger partial charge is 0.480 e. The first kappa shape index (κ1) is 29.3. The molecule has 0 radical (unpaired) electrons. The molecular weight excluding hydrogens is 818 g/mol. The van der Waals surface area contributed by atoms with Crippen molar-refractivity contribution < 1.29 is 19.4 Å². The minimum absolute atomic E-state index is 0.250. The fraction of sp³-hybridized carbons (Fsp3) is 0.154. The lowest BCUT2D eigenvalue weighted by Gasteiger charge is -2.09. The molecule has 0 spiro atoms. The zero-order valence-electron chi connectivity index (χ0n) is 19.9. The fourth-order valence-corrected chi connectivity index (χ4v) is 11.0. The molecule has 0 aliphatic heterocycles. The molecule has 0 saturated heterocycles. The fourth-order valence-electron chi connectivity index (χ4n) is 3.96. The van der Waals surface area contributed by atoms with Crippen molar-refractivity contribution in [3.63, 3.8) is 0 Å². The zero-order valence-corrected chi connectivity index (χ0v) is 28.3. The molecule has 0 aromatic carbocycles. The van der Waals surface area contributed by atoms with Gasteiger partial charge in [-0.25, -0.2) is 0 Å². The van der Waals surface area contributed by atoms with E-state index in [9.17, 15) is 14.7 Å². The molecule has 5 rings (SSSR count). The highest BCUT2D eigenvalue weighted by Gasteiger charge is 2.22. The monoisotopic (exact) mass is 838 g/mol. The van der Waals surface area contributed by atoms with Crippen LogP contribution in [-0.4, -0.2) is 29.8 Å². The van der Waals surface area contributed by atoms with Crippen molar-refractivity contribution in [1.82, 2.24) is 0 Å². The maximum Gasteiger partial charge on any atom is 0.320 e. The first-order valence-electron chi connectivity index (χ1n) is 11.4. The lowest BCUT2D eigenvalue weighted by atomic mass is 10.1. The van der Waals surface area contributed by atoms with E-state index >= 15 is 0 Å². The minimum Gasteiger partial charge on any atom is -0.480 e. The lowest BCUT2D eigenvalue weighted by Crippen LogP contribution is -2.32. The van der Waals surface area contributed by atoms with Gasteiger partial charge in [0.1, 0.15) is 6.04 Å². The number of halogens is 2. The molecule has 39 heavy (non-hydrogen) atoms. The number of carbonyl (C=O) groups is 2. The van der Waals surface area contributed by atoms with Gasteiger partial charge in [-0.2, -0.15) is 0 Å². The van der Waals surface area contributed by atoms with Crippen LogP contribution >= 0.6 is 102 Å². The Balaban J connectivity index is 1.55. The summed E-state index contributed by atoms with van der Waals surface area (Å²) in [5, 5.41) is 9.46. The van der Waals surface area contributed by atoms with Gasteiger partial charge in [0.2, 0.25) is 0 Å².